The summed E-state index contributed by atoms with van der Waals surface area (Å²) in [4.78, 5) is 2.17. The molecule has 0 amide bonds. The van der Waals surface area contributed by atoms with Crippen LogP contribution in [-0.2, 0) is 9.47 Å². The van der Waals surface area contributed by atoms with Crippen LogP contribution in [0, 0.1) is 0 Å². The maximum Gasteiger partial charge on any atom is 0.169 e. The molecule has 1 fully saturated rings. The highest BCUT2D eigenvalue weighted by Gasteiger charge is 2.23. The Labute approximate surface area is 103 Å². The molecular weight excluding hydrogens is 224 g/mol. The minimum Gasteiger partial charge on any atom is -0.382 e. The van der Waals surface area contributed by atoms with Gasteiger partial charge in [-0.3, -0.25) is 0 Å². The molecule has 1 heterocycles. The average Bonchev–Trinajstić information content (AvgIpc) is 2.77. The molecule has 1 rings (SSSR count). The molecule has 0 spiro atoms. The molecule has 16 heavy (non-hydrogen) atoms. The number of rotatable bonds is 6. The van der Waals surface area contributed by atoms with Gasteiger partial charge < -0.3 is 19.7 Å². The predicted molar refractivity (Wildman–Crippen MR) is 68.7 cm³/mol. The summed E-state index contributed by atoms with van der Waals surface area (Å²) in [6.45, 7) is 6.38. The van der Waals surface area contributed by atoms with Gasteiger partial charge in [-0.1, -0.05) is 0 Å². The van der Waals surface area contributed by atoms with E-state index in [0.29, 0.717) is 6.10 Å². The van der Waals surface area contributed by atoms with Gasteiger partial charge in [0.1, 0.15) is 0 Å². The summed E-state index contributed by atoms with van der Waals surface area (Å²) in [5.74, 6) is 0. The first-order valence-electron chi connectivity index (χ1n) is 5.91. The van der Waals surface area contributed by atoms with Crippen LogP contribution in [-0.4, -0.2) is 56.1 Å². The molecule has 1 atom stereocenters. The topological polar surface area (TPSA) is 33.7 Å². The van der Waals surface area contributed by atoms with E-state index in [4.69, 9.17) is 21.7 Å². The Hall–Kier alpha value is -0.390. The van der Waals surface area contributed by atoms with Crippen molar-refractivity contribution in [2.24, 2.45) is 0 Å². The molecule has 94 valence electrons. The highest BCUT2D eigenvalue weighted by Crippen LogP contribution is 2.11. The molecule has 0 bridgehead atoms. The van der Waals surface area contributed by atoms with Crippen molar-refractivity contribution in [1.29, 1.82) is 0 Å². The fraction of sp³-hybridized carbons (Fsp3) is 0.909. The van der Waals surface area contributed by atoms with Crippen molar-refractivity contribution in [2.75, 3.05) is 40.0 Å². The number of nitrogens with zero attached hydrogens (tertiary/aromatic N) is 1. The fourth-order valence-corrected chi connectivity index (χ4v) is 2.00. The van der Waals surface area contributed by atoms with Crippen molar-refractivity contribution in [3.05, 3.63) is 0 Å². The minimum absolute atomic E-state index is 0.336. The van der Waals surface area contributed by atoms with Crippen molar-refractivity contribution < 1.29 is 9.47 Å². The Kier molecular flexibility index (Phi) is 6.68. The summed E-state index contributed by atoms with van der Waals surface area (Å²) >= 11 is 5.31. The minimum atomic E-state index is 0.336. The van der Waals surface area contributed by atoms with Gasteiger partial charge in [-0.2, -0.15) is 0 Å². The average molecular weight is 246 g/mol. The lowest BCUT2D eigenvalue weighted by Gasteiger charge is -2.20. The molecule has 1 aliphatic heterocycles. The van der Waals surface area contributed by atoms with Crippen molar-refractivity contribution in [3.63, 3.8) is 0 Å². The molecule has 4 nitrogen and oxygen atoms in total. The van der Waals surface area contributed by atoms with Crippen LogP contribution in [0.1, 0.15) is 19.8 Å². The third-order valence-electron chi connectivity index (χ3n) is 2.71. The number of thiocarbonyl (C=S) groups is 1. The van der Waals surface area contributed by atoms with E-state index in [1.807, 2.05) is 6.92 Å². The Morgan fingerprint density at radius 1 is 1.56 bits per heavy atom. The quantitative estimate of drug-likeness (QED) is 0.559. The largest absolute Gasteiger partial charge is 0.382 e. The molecule has 1 N–H and O–H groups in total. The smallest absolute Gasteiger partial charge is 0.169 e. The van der Waals surface area contributed by atoms with E-state index in [2.05, 4.69) is 10.2 Å². The van der Waals surface area contributed by atoms with E-state index in [-0.39, 0.29) is 0 Å². The highest BCUT2D eigenvalue weighted by molar-refractivity contribution is 7.80. The van der Waals surface area contributed by atoms with Gasteiger partial charge in [0.2, 0.25) is 0 Å². The zero-order valence-corrected chi connectivity index (χ0v) is 11.0. The van der Waals surface area contributed by atoms with Crippen LogP contribution >= 0.6 is 12.2 Å². The molecular formula is C11H22N2O2S. The van der Waals surface area contributed by atoms with E-state index in [0.717, 1.165) is 50.8 Å². The van der Waals surface area contributed by atoms with Gasteiger partial charge in [-0.25, -0.2) is 0 Å². The lowest BCUT2D eigenvalue weighted by Crippen LogP contribution is -2.39. The monoisotopic (exact) mass is 246 g/mol. The van der Waals surface area contributed by atoms with Gasteiger partial charge >= 0.3 is 0 Å². The molecule has 0 saturated carbocycles. The van der Waals surface area contributed by atoms with Crippen LogP contribution in [0.25, 0.3) is 0 Å². The van der Waals surface area contributed by atoms with Crippen LogP contribution in [0.4, 0.5) is 0 Å². The van der Waals surface area contributed by atoms with Crippen molar-refractivity contribution in [1.82, 2.24) is 10.2 Å². The van der Waals surface area contributed by atoms with Gasteiger partial charge in [0.05, 0.1) is 6.10 Å². The summed E-state index contributed by atoms with van der Waals surface area (Å²) < 4.78 is 10.6. The summed E-state index contributed by atoms with van der Waals surface area (Å²) in [5, 5.41) is 4.09. The lowest BCUT2D eigenvalue weighted by atomic mass is 10.3. The van der Waals surface area contributed by atoms with Crippen molar-refractivity contribution in [3.8, 4) is 0 Å². The Bertz CT molecular complexity index is 214. The maximum absolute atomic E-state index is 5.31. The van der Waals surface area contributed by atoms with Gasteiger partial charge in [-0.05, 0) is 32.0 Å². The van der Waals surface area contributed by atoms with E-state index < -0.39 is 0 Å². The second-order valence-electron chi connectivity index (χ2n) is 3.87. The SMILES string of the molecule is CCOCCCNC(=S)N1CCC(OC)C1. The lowest BCUT2D eigenvalue weighted by molar-refractivity contribution is 0.114. The molecule has 1 aliphatic rings. The number of hydrogen-bond acceptors (Lipinski definition) is 3. The fourth-order valence-electron chi connectivity index (χ4n) is 1.73. The highest BCUT2D eigenvalue weighted by atomic mass is 32.1. The summed E-state index contributed by atoms with van der Waals surface area (Å²) in [6, 6.07) is 0. The number of likely N-dealkylation sites (tertiary alicyclic amines) is 1. The standard InChI is InChI=1S/C11H22N2O2S/c1-3-15-8-4-6-12-11(16)13-7-5-10(9-13)14-2/h10H,3-9H2,1-2H3,(H,12,16). The zero-order chi connectivity index (χ0) is 11.8. The zero-order valence-electron chi connectivity index (χ0n) is 10.2. The Morgan fingerprint density at radius 2 is 2.38 bits per heavy atom. The second-order valence-corrected chi connectivity index (χ2v) is 4.26. The first-order chi connectivity index (χ1) is 7.77. The van der Waals surface area contributed by atoms with Crippen LogP contribution in [0.2, 0.25) is 0 Å². The van der Waals surface area contributed by atoms with E-state index >= 15 is 0 Å². The van der Waals surface area contributed by atoms with Gasteiger partial charge in [0.15, 0.2) is 5.11 Å². The van der Waals surface area contributed by atoms with Crippen molar-refractivity contribution in [2.45, 2.75) is 25.9 Å². The van der Waals surface area contributed by atoms with Crippen molar-refractivity contribution >= 4 is 17.3 Å². The molecule has 0 aromatic carbocycles. The van der Waals surface area contributed by atoms with Gasteiger partial charge in [0.25, 0.3) is 0 Å². The number of hydrogen-bond donors (Lipinski definition) is 1. The molecule has 0 aliphatic carbocycles. The summed E-state index contributed by atoms with van der Waals surface area (Å²) in [6.07, 6.45) is 2.40. The van der Waals surface area contributed by atoms with Crippen LogP contribution in [0.5, 0.6) is 0 Å². The molecule has 0 aromatic rings. The number of methoxy groups -OCH3 is 1. The molecule has 1 saturated heterocycles. The van der Waals surface area contributed by atoms with E-state index in [9.17, 15) is 0 Å². The first kappa shape index (κ1) is 13.7. The van der Waals surface area contributed by atoms with E-state index in [1.165, 1.54) is 0 Å². The Morgan fingerprint density at radius 3 is 3.00 bits per heavy atom. The Balaban J connectivity index is 2.06. The summed E-state index contributed by atoms with van der Waals surface area (Å²) in [7, 11) is 1.76. The third-order valence-corrected chi connectivity index (χ3v) is 3.11. The second kappa shape index (κ2) is 7.81. The number of ether oxygens (including phenoxy) is 2. The summed E-state index contributed by atoms with van der Waals surface area (Å²) in [5.41, 5.74) is 0. The molecule has 0 aromatic heterocycles. The maximum atomic E-state index is 5.31. The van der Waals surface area contributed by atoms with Crippen LogP contribution in [0.3, 0.4) is 0 Å². The third kappa shape index (κ3) is 4.63. The van der Waals surface area contributed by atoms with E-state index in [1.54, 1.807) is 7.11 Å². The van der Waals surface area contributed by atoms with Crippen LogP contribution in [0.15, 0.2) is 0 Å². The van der Waals surface area contributed by atoms with Gasteiger partial charge in [-0.15, -0.1) is 0 Å². The molecule has 0 radical (unpaired) electrons. The predicted octanol–water partition coefficient (Wildman–Crippen LogP) is 1.01. The number of nitrogens with one attached hydrogen (secondary N) is 1. The first-order valence-corrected chi connectivity index (χ1v) is 6.32. The molecule has 1 unspecified atom stereocenters. The molecule has 5 heteroatoms. The van der Waals surface area contributed by atoms with Gasteiger partial charge in [0, 0.05) is 40.0 Å². The normalized spacial score (nSPS) is 20.1. The van der Waals surface area contributed by atoms with Crippen LogP contribution < -0.4 is 5.32 Å².